The average Bonchev–Trinajstić information content (AvgIpc) is 2.52. The summed E-state index contributed by atoms with van der Waals surface area (Å²) in [7, 11) is -3.37. The van der Waals surface area contributed by atoms with Crippen LogP contribution in [0.2, 0.25) is 0 Å². The molecule has 0 aromatic heterocycles. The van der Waals surface area contributed by atoms with E-state index in [0.717, 1.165) is 11.8 Å². The first-order chi connectivity index (χ1) is 10.8. The summed E-state index contributed by atoms with van der Waals surface area (Å²) in [6.45, 7) is 0.618. The summed E-state index contributed by atoms with van der Waals surface area (Å²) in [5.41, 5.74) is 0.879. The average molecular weight is 340 g/mol. The number of carbonyl (C=O) groups is 2. The minimum Gasteiger partial charge on any atom is -0.445 e. The van der Waals surface area contributed by atoms with Crippen molar-refractivity contribution in [2.75, 3.05) is 25.9 Å². The number of rotatable bonds is 5. The molecule has 0 aliphatic carbocycles. The minimum absolute atomic E-state index is 0.000131. The molecule has 0 radical (unpaired) electrons. The van der Waals surface area contributed by atoms with Crippen molar-refractivity contribution in [3.05, 3.63) is 35.9 Å². The number of likely N-dealkylation sites (tertiary alicyclic amines) is 1. The lowest BCUT2D eigenvalue weighted by Crippen LogP contribution is -2.48. The minimum atomic E-state index is -3.37. The monoisotopic (exact) mass is 340 g/mol. The predicted octanol–water partition coefficient (Wildman–Crippen LogP) is 0.763. The number of Topliss-reactive ketones (excluding diaryl/α,β-unsaturated/α-hetero) is 1. The van der Waals surface area contributed by atoms with E-state index in [-0.39, 0.29) is 31.9 Å². The van der Waals surface area contributed by atoms with Crippen LogP contribution >= 0.6 is 0 Å². The summed E-state index contributed by atoms with van der Waals surface area (Å²) in [6.07, 6.45) is 0.744. The lowest BCUT2D eigenvalue weighted by Gasteiger charge is -2.31. The molecule has 126 valence electrons. The summed E-state index contributed by atoms with van der Waals surface area (Å²) in [5, 5.41) is 0. The molecule has 1 aromatic rings. The SMILES string of the molecule is CS(=O)(=O)NCC1CN(C(=O)OCc2ccccc2)CCC1=O. The summed E-state index contributed by atoms with van der Waals surface area (Å²) in [4.78, 5) is 25.4. The van der Waals surface area contributed by atoms with Crippen molar-refractivity contribution in [2.24, 2.45) is 5.92 Å². The molecule has 1 N–H and O–H groups in total. The summed E-state index contributed by atoms with van der Waals surface area (Å²) in [6, 6.07) is 9.30. The molecule has 0 bridgehead atoms. The molecular formula is C15H20N2O5S. The van der Waals surface area contributed by atoms with Gasteiger partial charge in [0.05, 0.1) is 6.26 Å². The van der Waals surface area contributed by atoms with Gasteiger partial charge in [0, 0.05) is 32.0 Å². The van der Waals surface area contributed by atoms with Crippen LogP contribution in [0, 0.1) is 5.92 Å². The van der Waals surface area contributed by atoms with E-state index in [2.05, 4.69) is 4.72 Å². The standard InChI is InChI=1S/C15H20N2O5S/c1-23(20,21)16-9-13-10-17(8-7-14(13)18)15(19)22-11-12-5-3-2-4-6-12/h2-6,13,16H,7-11H2,1H3. The van der Waals surface area contributed by atoms with Gasteiger partial charge in [-0.15, -0.1) is 0 Å². The molecule has 1 aliphatic heterocycles. The largest absolute Gasteiger partial charge is 0.445 e. The number of ketones is 1. The zero-order valence-corrected chi connectivity index (χ0v) is 13.7. The Labute approximate surface area is 135 Å². The maximum absolute atomic E-state index is 12.1. The van der Waals surface area contributed by atoms with Gasteiger partial charge in [-0.25, -0.2) is 17.9 Å². The number of nitrogens with zero attached hydrogens (tertiary/aromatic N) is 1. The van der Waals surface area contributed by atoms with Crippen molar-refractivity contribution >= 4 is 21.9 Å². The van der Waals surface area contributed by atoms with Crippen molar-refractivity contribution in [1.29, 1.82) is 0 Å². The number of piperidine rings is 1. The molecule has 1 aliphatic rings. The van der Waals surface area contributed by atoms with Crippen LogP contribution in [-0.4, -0.2) is 51.1 Å². The molecule has 0 spiro atoms. The van der Waals surface area contributed by atoms with Crippen LogP contribution in [0.1, 0.15) is 12.0 Å². The van der Waals surface area contributed by atoms with Gasteiger partial charge in [-0.1, -0.05) is 30.3 Å². The molecule has 1 atom stereocenters. The maximum Gasteiger partial charge on any atom is 0.410 e. The second-order valence-electron chi connectivity index (χ2n) is 5.52. The van der Waals surface area contributed by atoms with E-state index >= 15 is 0 Å². The lowest BCUT2D eigenvalue weighted by atomic mass is 9.97. The molecule has 7 nitrogen and oxygen atoms in total. The van der Waals surface area contributed by atoms with E-state index in [1.165, 1.54) is 4.90 Å². The fourth-order valence-electron chi connectivity index (χ4n) is 2.32. The van der Waals surface area contributed by atoms with E-state index < -0.39 is 22.0 Å². The first kappa shape index (κ1) is 17.4. The molecule has 0 saturated carbocycles. The molecule has 8 heteroatoms. The number of benzene rings is 1. The number of sulfonamides is 1. The van der Waals surface area contributed by atoms with Crippen LogP contribution in [0.25, 0.3) is 0 Å². The predicted molar refractivity (Wildman–Crippen MR) is 84.2 cm³/mol. The number of amides is 1. The molecule has 1 unspecified atom stereocenters. The highest BCUT2D eigenvalue weighted by Gasteiger charge is 2.31. The van der Waals surface area contributed by atoms with Crippen LogP contribution in [0.15, 0.2) is 30.3 Å². The number of nitrogens with one attached hydrogen (secondary N) is 1. The quantitative estimate of drug-likeness (QED) is 0.854. The topological polar surface area (TPSA) is 92.8 Å². The molecule has 1 amide bonds. The van der Waals surface area contributed by atoms with Crippen molar-refractivity contribution in [3.63, 3.8) is 0 Å². The first-order valence-corrected chi connectivity index (χ1v) is 9.17. The highest BCUT2D eigenvalue weighted by atomic mass is 32.2. The van der Waals surface area contributed by atoms with Crippen molar-refractivity contribution in [1.82, 2.24) is 9.62 Å². The Morgan fingerprint density at radius 2 is 2.04 bits per heavy atom. The van der Waals surface area contributed by atoms with E-state index in [1.54, 1.807) is 0 Å². The van der Waals surface area contributed by atoms with Gasteiger partial charge in [-0.05, 0) is 5.56 Å². The Kier molecular flexibility index (Phi) is 5.73. The molecule has 1 fully saturated rings. The highest BCUT2D eigenvalue weighted by molar-refractivity contribution is 7.88. The van der Waals surface area contributed by atoms with E-state index in [0.29, 0.717) is 6.54 Å². The zero-order chi connectivity index (χ0) is 16.9. The Bertz CT molecular complexity index is 660. The van der Waals surface area contributed by atoms with Gasteiger partial charge in [-0.2, -0.15) is 0 Å². The smallest absolute Gasteiger partial charge is 0.410 e. The van der Waals surface area contributed by atoms with Crippen LogP contribution in [0.3, 0.4) is 0 Å². The molecular weight excluding hydrogens is 320 g/mol. The molecule has 23 heavy (non-hydrogen) atoms. The van der Waals surface area contributed by atoms with Crippen molar-refractivity contribution in [2.45, 2.75) is 13.0 Å². The second-order valence-corrected chi connectivity index (χ2v) is 7.35. The van der Waals surface area contributed by atoms with Gasteiger partial charge >= 0.3 is 6.09 Å². The highest BCUT2D eigenvalue weighted by Crippen LogP contribution is 2.14. The second kappa shape index (κ2) is 7.56. The third kappa shape index (κ3) is 5.65. The summed E-state index contributed by atoms with van der Waals surface area (Å²) >= 11 is 0. The zero-order valence-electron chi connectivity index (χ0n) is 12.9. The van der Waals surface area contributed by atoms with Crippen LogP contribution in [-0.2, 0) is 26.2 Å². The number of hydrogen-bond acceptors (Lipinski definition) is 5. The number of ether oxygens (including phenoxy) is 1. The molecule has 2 rings (SSSR count). The fourth-order valence-corrected chi connectivity index (χ4v) is 2.82. The van der Waals surface area contributed by atoms with E-state index in [1.807, 2.05) is 30.3 Å². The Balaban J connectivity index is 1.87. The van der Waals surface area contributed by atoms with E-state index in [4.69, 9.17) is 4.74 Å². The van der Waals surface area contributed by atoms with Crippen molar-refractivity contribution < 1.29 is 22.7 Å². The fraction of sp³-hybridized carbons (Fsp3) is 0.467. The Morgan fingerprint density at radius 1 is 1.35 bits per heavy atom. The molecule has 1 heterocycles. The third-order valence-electron chi connectivity index (χ3n) is 3.58. The molecule has 1 aromatic carbocycles. The lowest BCUT2D eigenvalue weighted by molar-refractivity contribution is -0.125. The van der Waals surface area contributed by atoms with Gasteiger partial charge in [0.25, 0.3) is 0 Å². The number of hydrogen-bond donors (Lipinski definition) is 1. The van der Waals surface area contributed by atoms with Gasteiger partial charge < -0.3 is 9.64 Å². The maximum atomic E-state index is 12.1. The van der Waals surface area contributed by atoms with Gasteiger partial charge in [-0.3, -0.25) is 4.79 Å². The summed E-state index contributed by atoms with van der Waals surface area (Å²) < 4.78 is 29.8. The summed E-state index contributed by atoms with van der Waals surface area (Å²) in [5.74, 6) is -0.587. The number of carbonyl (C=O) groups excluding carboxylic acids is 2. The van der Waals surface area contributed by atoms with Crippen LogP contribution < -0.4 is 4.72 Å². The van der Waals surface area contributed by atoms with Crippen LogP contribution in [0.4, 0.5) is 4.79 Å². The van der Waals surface area contributed by atoms with E-state index in [9.17, 15) is 18.0 Å². The first-order valence-electron chi connectivity index (χ1n) is 7.28. The third-order valence-corrected chi connectivity index (χ3v) is 4.27. The van der Waals surface area contributed by atoms with Gasteiger partial charge in [0.1, 0.15) is 12.4 Å². The Morgan fingerprint density at radius 3 is 2.70 bits per heavy atom. The van der Waals surface area contributed by atoms with Gasteiger partial charge in [0.2, 0.25) is 10.0 Å². The normalized spacial score (nSPS) is 18.7. The van der Waals surface area contributed by atoms with Crippen molar-refractivity contribution in [3.8, 4) is 0 Å². The molecule has 1 saturated heterocycles. The Hall–Kier alpha value is -1.93. The van der Waals surface area contributed by atoms with Gasteiger partial charge in [0.15, 0.2) is 0 Å². The van der Waals surface area contributed by atoms with Crippen LogP contribution in [0.5, 0.6) is 0 Å².